The number of thiocarbonyl (C=S) groups is 1. The first-order valence-electron chi connectivity index (χ1n) is 5.93. The Morgan fingerprint density at radius 3 is 2.80 bits per heavy atom. The van der Waals surface area contributed by atoms with Crippen molar-refractivity contribution in [2.45, 2.75) is 13.8 Å². The van der Waals surface area contributed by atoms with Crippen LogP contribution in [0.3, 0.4) is 0 Å². The average molecular weight is 307 g/mol. The van der Waals surface area contributed by atoms with Gasteiger partial charge in [0.1, 0.15) is 10.9 Å². The van der Waals surface area contributed by atoms with E-state index in [1.165, 1.54) is 0 Å². The minimum Gasteiger partial charge on any atom is -0.480 e. The molecule has 104 valence electrons. The van der Waals surface area contributed by atoms with Crippen molar-refractivity contribution in [3.8, 4) is 0 Å². The predicted octanol–water partition coefficient (Wildman–Crippen LogP) is 2.59. The fraction of sp³-hybridized carbons (Fsp3) is 0.214. The summed E-state index contributed by atoms with van der Waals surface area (Å²) in [6, 6.07) is 5.97. The van der Waals surface area contributed by atoms with E-state index in [0.717, 1.165) is 33.4 Å². The van der Waals surface area contributed by atoms with Gasteiger partial charge in [0, 0.05) is 0 Å². The van der Waals surface area contributed by atoms with E-state index in [0.29, 0.717) is 4.91 Å². The number of benzene rings is 1. The van der Waals surface area contributed by atoms with Crippen LogP contribution < -0.4 is 0 Å². The highest BCUT2D eigenvalue weighted by Gasteiger charge is 2.33. The minimum atomic E-state index is -1.07. The number of rotatable bonds is 3. The summed E-state index contributed by atoms with van der Waals surface area (Å²) in [6.07, 6.45) is 1.77. The van der Waals surface area contributed by atoms with Crippen LogP contribution in [0, 0.1) is 13.8 Å². The zero-order valence-electron chi connectivity index (χ0n) is 11.0. The smallest absolute Gasteiger partial charge is 0.323 e. The van der Waals surface area contributed by atoms with Crippen molar-refractivity contribution in [2.75, 3.05) is 6.54 Å². The van der Waals surface area contributed by atoms with E-state index in [1.54, 1.807) is 6.08 Å². The molecule has 0 aromatic heterocycles. The lowest BCUT2D eigenvalue weighted by molar-refractivity contribution is -0.140. The molecule has 0 bridgehead atoms. The number of amides is 1. The molecule has 1 amide bonds. The van der Waals surface area contributed by atoms with E-state index in [9.17, 15) is 9.59 Å². The maximum Gasteiger partial charge on any atom is 0.323 e. The van der Waals surface area contributed by atoms with Gasteiger partial charge >= 0.3 is 5.97 Å². The van der Waals surface area contributed by atoms with Gasteiger partial charge < -0.3 is 5.11 Å². The number of carboxylic acid groups (broad SMARTS) is 1. The molecule has 2 rings (SSSR count). The molecule has 1 aromatic rings. The van der Waals surface area contributed by atoms with Crippen molar-refractivity contribution in [1.82, 2.24) is 4.90 Å². The molecule has 1 aliphatic rings. The first-order chi connectivity index (χ1) is 9.38. The number of aliphatic carboxylic acids is 1. The van der Waals surface area contributed by atoms with Crippen molar-refractivity contribution < 1.29 is 14.7 Å². The van der Waals surface area contributed by atoms with E-state index in [4.69, 9.17) is 17.3 Å². The number of aryl methyl sites for hydroxylation is 2. The van der Waals surface area contributed by atoms with Crippen molar-refractivity contribution in [3.05, 3.63) is 39.8 Å². The van der Waals surface area contributed by atoms with Crippen molar-refractivity contribution in [3.63, 3.8) is 0 Å². The Balaban J connectivity index is 2.32. The van der Waals surface area contributed by atoms with E-state index >= 15 is 0 Å². The first-order valence-corrected chi connectivity index (χ1v) is 7.15. The second-order valence-electron chi connectivity index (χ2n) is 4.52. The quantitative estimate of drug-likeness (QED) is 0.687. The lowest BCUT2D eigenvalue weighted by Crippen LogP contribution is -2.33. The van der Waals surface area contributed by atoms with E-state index in [1.807, 2.05) is 32.0 Å². The zero-order valence-corrected chi connectivity index (χ0v) is 12.7. The van der Waals surface area contributed by atoms with Gasteiger partial charge in [-0.05, 0) is 31.1 Å². The van der Waals surface area contributed by atoms with Crippen molar-refractivity contribution in [1.29, 1.82) is 0 Å². The molecule has 1 heterocycles. The summed E-state index contributed by atoms with van der Waals surface area (Å²) in [5.74, 6) is -1.42. The number of carbonyl (C=O) groups is 2. The molecule has 0 unspecified atom stereocenters. The number of carbonyl (C=O) groups excluding carboxylic acids is 1. The first kappa shape index (κ1) is 14.7. The standard InChI is InChI=1S/C14H13NO3S2/c1-8-3-4-9(2)10(5-8)6-11-13(18)15(7-12(16)17)14(19)20-11/h3-6H,7H2,1-2H3,(H,16,17)/b11-6-. The Bertz CT molecular complexity index is 637. The number of carboxylic acids is 1. The van der Waals surface area contributed by atoms with Gasteiger partial charge in [-0.15, -0.1) is 0 Å². The Hall–Kier alpha value is -1.66. The monoisotopic (exact) mass is 307 g/mol. The van der Waals surface area contributed by atoms with Crippen LogP contribution in [-0.4, -0.2) is 32.7 Å². The third kappa shape index (κ3) is 3.08. The third-order valence-corrected chi connectivity index (χ3v) is 4.27. The van der Waals surface area contributed by atoms with Crippen LogP contribution in [-0.2, 0) is 9.59 Å². The highest BCUT2D eigenvalue weighted by molar-refractivity contribution is 8.26. The van der Waals surface area contributed by atoms with Gasteiger partial charge in [0.15, 0.2) is 0 Å². The van der Waals surface area contributed by atoms with Crippen LogP contribution in [0.5, 0.6) is 0 Å². The number of nitrogens with zero attached hydrogens (tertiary/aromatic N) is 1. The fourth-order valence-electron chi connectivity index (χ4n) is 1.83. The number of hydrogen-bond donors (Lipinski definition) is 1. The van der Waals surface area contributed by atoms with Crippen LogP contribution in [0.2, 0.25) is 0 Å². The molecular formula is C14H13NO3S2. The number of hydrogen-bond acceptors (Lipinski definition) is 4. The normalized spacial score (nSPS) is 17.1. The van der Waals surface area contributed by atoms with Gasteiger partial charge in [0.05, 0.1) is 4.91 Å². The van der Waals surface area contributed by atoms with Crippen molar-refractivity contribution >= 4 is 46.3 Å². The number of thioether (sulfide) groups is 1. The van der Waals surface area contributed by atoms with Crippen LogP contribution in [0.1, 0.15) is 16.7 Å². The Labute approximate surface area is 126 Å². The van der Waals surface area contributed by atoms with Gasteiger partial charge in [0.25, 0.3) is 5.91 Å². The molecular weight excluding hydrogens is 294 g/mol. The SMILES string of the molecule is Cc1ccc(C)c(/C=C2\SC(=S)N(CC(=O)O)C2=O)c1. The van der Waals surface area contributed by atoms with E-state index in [2.05, 4.69) is 0 Å². The maximum atomic E-state index is 12.1. The summed E-state index contributed by atoms with van der Waals surface area (Å²) >= 11 is 6.19. The Morgan fingerprint density at radius 2 is 2.15 bits per heavy atom. The van der Waals surface area contributed by atoms with E-state index < -0.39 is 12.5 Å². The van der Waals surface area contributed by atoms with Crippen molar-refractivity contribution in [2.24, 2.45) is 0 Å². The second-order valence-corrected chi connectivity index (χ2v) is 6.20. The summed E-state index contributed by atoms with van der Waals surface area (Å²) < 4.78 is 0.286. The average Bonchev–Trinajstić information content (AvgIpc) is 2.61. The van der Waals surface area contributed by atoms with Gasteiger partial charge in [-0.3, -0.25) is 14.5 Å². The van der Waals surface area contributed by atoms with Crippen LogP contribution in [0.4, 0.5) is 0 Å². The molecule has 1 saturated heterocycles. The summed E-state index contributed by atoms with van der Waals surface area (Å²) in [5.41, 5.74) is 3.10. The molecule has 1 aliphatic heterocycles. The maximum absolute atomic E-state index is 12.1. The summed E-state index contributed by atoms with van der Waals surface area (Å²) in [4.78, 5) is 24.4. The Kier molecular flexibility index (Phi) is 4.25. The highest BCUT2D eigenvalue weighted by atomic mass is 32.2. The largest absolute Gasteiger partial charge is 0.480 e. The Morgan fingerprint density at radius 1 is 1.45 bits per heavy atom. The topological polar surface area (TPSA) is 57.6 Å². The highest BCUT2D eigenvalue weighted by Crippen LogP contribution is 2.32. The summed E-state index contributed by atoms with van der Waals surface area (Å²) in [5, 5.41) is 8.78. The van der Waals surface area contributed by atoms with E-state index in [-0.39, 0.29) is 10.2 Å². The second kappa shape index (κ2) is 5.76. The van der Waals surface area contributed by atoms with Crippen LogP contribution >= 0.6 is 24.0 Å². The lowest BCUT2D eigenvalue weighted by atomic mass is 10.1. The molecule has 1 N–H and O–H groups in total. The van der Waals surface area contributed by atoms with Crippen LogP contribution in [0.15, 0.2) is 23.1 Å². The summed E-state index contributed by atoms with van der Waals surface area (Å²) in [6.45, 7) is 3.55. The van der Waals surface area contributed by atoms with Gasteiger partial charge in [0.2, 0.25) is 0 Å². The zero-order chi connectivity index (χ0) is 14.9. The fourth-order valence-corrected chi connectivity index (χ4v) is 3.07. The molecule has 0 radical (unpaired) electrons. The third-order valence-electron chi connectivity index (χ3n) is 2.89. The molecule has 1 fully saturated rings. The molecule has 0 saturated carbocycles. The lowest BCUT2D eigenvalue weighted by Gasteiger charge is -2.10. The minimum absolute atomic E-state index is 0.286. The molecule has 0 aliphatic carbocycles. The predicted molar refractivity (Wildman–Crippen MR) is 83.4 cm³/mol. The van der Waals surface area contributed by atoms with Crippen LogP contribution in [0.25, 0.3) is 6.08 Å². The molecule has 0 atom stereocenters. The summed E-state index contributed by atoms with van der Waals surface area (Å²) in [7, 11) is 0. The molecule has 20 heavy (non-hydrogen) atoms. The van der Waals surface area contributed by atoms with Gasteiger partial charge in [-0.25, -0.2) is 0 Å². The molecule has 1 aromatic carbocycles. The molecule has 6 heteroatoms. The van der Waals surface area contributed by atoms with Gasteiger partial charge in [-0.2, -0.15) is 0 Å². The molecule has 4 nitrogen and oxygen atoms in total. The van der Waals surface area contributed by atoms with Gasteiger partial charge in [-0.1, -0.05) is 47.7 Å². The molecule has 0 spiro atoms.